The second-order valence-electron chi connectivity index (χ2n) is 7.06. The highest BCUT2D eigenvalue weighted by Crippen LogP contribution is 2.20. The number of hydrogen-bond acceptors (Lipinski definition) is 4. The first-order valence-electron chi connectivity index (χ1n) is 9.26. The van der Waals surface area contributed by atoms with Crippen molar-refractivity contribution in [1.82, 2.24) is 20.4 Å². The normalized spacial score (nSPS) is 15.3. The molecular weight excluding hydrogens is 356 g/mol. The molecule has 7 nitrogen and oxygen atoms in total. The summed E-state index contributed by atoms with van der Waals surface area (Å²) in [6.07, 6.45) is 2.16. The van der Waals surface area contributed by atoms with E-state index in [0.29, 0.717) is 42.2 Å². The summed E-state index contributed by atoms with van der Waals surface area (Å²) in [5.74, 6) is 0.990. The number of nitrogens with zero attached hydrogens (tertiary/aromatic N) is 2. The van der Waals surface area contributed by atoms with E-state index in [-0.39, 0.29) is 17.9 Å². The van der Waals surface area contributed by atoms with Gasteiger partial charge < -0.3 is 15.1 Å². The Morgan fingerprint density at radius 1 is 1.18 bits per heavy atom. The Morgan fingerprint density at radius 3 is 2.68 bits per heavy atom. The van der Waals surface area contributed by atoms with E-state index in [1.165, 1.54) is 0 Å². The summed E-state index contributed by atoms with van der Waals surface area (Å²) in [6.45, 7) is 4.60. The van der Waals surface area contributed by atoms with Crippen LogP contribution in [-0.4, -0.2) is 27.6 Å². The van der Waals surface area contributed by atoms with Crippen LogP contribution in [0.5, 0.6) is 0 Å². The highest BCUT2D eigenvalue weighted by atomic mass is 16.3. The zero-order valence-electron chi connectivity index (χ0n) is 15.9. The summed E-state index contributed by atoms with van der Waals surface area (Å²) >= 11 is 0. The Hall–Kier alpha value is -3.35. The molecule has 0 bridgehead atoms. The summed E-state index contributed by atoms with van der Waals surface area (Å²) in [7, 11) is 0. The van der Waals surface area contributed by atoms with Crippen molar-refractivity contribution < 1.29 is 14.0 Å². The molecule has 1 aromatic carbocycles. The molecule has 2 aromatic heterocycles. The smallest absolute Gasteiger partial charge is 0.255 e. The molecule has 0 aliphatic carbocycles. The van der Waals surface area contributed by atoms with E-state index < -0.39 is 0 Å². The van der Waals surface area contributed by atoms with Crippen LogP contribution in [0, 0.1) is 13.8 Å². The number of nitrogens with one attached hydrogen (secondary N) is 2. The van der Waals surface area contributed by atoms with Crippen molar-refractivity contribution in [3.8, 4) is 0 Å². The number of hydrogen-bond donors (Lipinski definition) is 2. The molecule has 7 heteroatoms. The molecule has 1 aliphatic heterocycles. The Bertz CT molecular complexity index is 1020. The highest BCUT2D eigenvalue weighted by Gasteiger charge is 2.29. The van der Waals surface area contributed by atoms with Gasteiger partial charge in [-0.25, -0.2) is 0 Å². The lowest BCUT2D eigenvalue weighted by Crippen LogP contribution is -2.36. The van der Waals surface area contributed by atoms with Crippen molar-refractivity contribution in [2.24, 2.45) is 0 Å². The monoisotopic (exact) mass is 378 g/mol. The molecule has 2 amide bonds. The second kappa shape index (κ2) is 7.34. The van der Waals surface area contributed by atoms with Gasteiger partial charge in [0.2, 0.25) is 0 Å². The largest absolute Gasteiger partial charge is 0.466 e. The number of carbonyl (C=O) groups is 2. The molecule has 2 N–H and O–H groups in total. The van der Waals surface area contributed by atoms with Crippen molar-refractivity contribution in [3.05, 3.63) is 76.5 Å². The van der Waals surface area contributed by atoms with Crippen LogP contribution in [0.3, 0.4) is 0 Å². The lowest BCUT2D eigenvalue weighted by atomic mass is 10.1. The third-order valence-electron chi connectivity index (χ3n) is 4.94. The molecule has 0 spiro atoms. The number of furan rings is 1. The first-order valence-corrected chi connectivity index (χ1v) is 9.26. The fourth-order valence-electron chi connectivity index (χ4n) is 3.57. The van der Waals surface area contributed by atoms with Crippen LogP contribution < -0.4 is 10.6 Å². The molecule has 0 unspecified atom stereocenters. The molecule has 0 saturated heterocycles. The van der Waals surface area contributed by atoms with Crippen molar-refractivity contribution >= 4 is 11.8 Å². The Kier molecular flexibility index (Phi) is 4.73. The molecule has 1 atom stereocenters. The third kappa shape index (κ3) is 3.55. The lowest BCUT2D eigenvalue weighted by molar-refractivity contribution is 0.0933. The second-order valence-corrected chi connectivity index (χ2v) is 7.06. The van der Waals surface area contributed by atoms with Gasteiger partial charge in [0.15, 0.2) is 0 Å². The zero-order chi connectivity index (χ0) is 19.7. The van der Waals surface area contributed by atoms with Crippen LogP contribution in [0.25, 0.3) is 0 Å². The SMILES string of the molecule is Cc1cc(C(=O)N[C@H]2Cc3c(C(=O)NCc4ccccc4)cnn3C2)c(C)o1. The average molecular weight is 378 g/mol. The van der Waals surface area contributed by atoms with Gasteiger partial charge in [-0.3, -0.25) is 14.3 Å². The molecule has 3 aromatic rings. The number of carbonyl (C=O) groups excluding carboxylic acids is 2. The van der Waals surface area contributed by atoms with Gasteiger partial charge in [-0.15, -0.1) is 0 Å². The van der Waals surface area contributed by atoms with Gasteiger partial charge in [0.25, 0.3) is 11.8 Å². The Balaban J connectivity index is 1.39. The molecule has 0 radical (unpaired) electrons. The number of aryl methyl sites for hydroxylation is 2. The van der Waals surface area contributed by atoms with Crippen LogP contribution >= 0.6 is 0 Å². The average Bonchev–Trinajstić information content (AvgIpc) is 3.34. The number of rotatable bonds is 5. The van der Waals surface area contributed by atoms with Gasteiger partial charge in [-0.2, -0.15) is 5.10 Å². The van der Waals surface area contributed by atoms with Gasteiger partial charge in [0, 0.05) is 13.0 Å². The maximum Gasteiger partial charge on any atom is 0.255 e. The summed E-state index contributed by atoms with van der Waals surface area (Å²) in [5, 5.41) is 10.3. The molecule has 3 heterocycles. The molecule has 144 valence electrons. The van der Waals surface area contributed by atoms with Gasteiger partial charge >= 0.3 is 0 Å². The van der Waals surface area contributed by atoms with E-state index in [4.69, 9.17) is 4.42 Å². The summed E-state index contributed by atoms with van der Waals surface area (Å²) in [6, 6.07) is 11.4. The predicted octanol–water partition coefficient (Wildman–Crippen LogP) is 2.38. The van der Waals surface area contributed by atoms with E-state index in [1.807, 2.05) is 37.3 Å². The topological polar surface area (TPSA) is 89.2 Å². The standard InChI is InChI=1S/C21H22N4O3/c1-13-8-17(14(2)28-13)21(27)24-16-9-19-18(11-23-25(19)12-16)20(26)22-10-15-6-4-3-5-7-15/h3-8,11,16H,9-10,12H2,1-2H3,(H,22,26)(H,24,27)/t16-/m0/s1. The maximum absolute atomic E-state index is 12.6. The fourth-order valence-corrected chi connectivity index (χ4v) is 3.57. The van der Waals surface area contributed by atoms with Crippen LogP contribution in [0.4, 0.5) is 0 Å². The summed E-state index contributed by atoms with van der Waals surface area (Å²) in [5.41, 5.74) is 2.98. The quantitative estimate of drug-likeness (QED) is 0.713. The number of benzene rings is 1. The first kappa shape index (κ1) is 18.0. The molecule has 1 aliphatic rings. The van der Waals surface area contributed by atoms with Crippen LogP contribution in [0.15, 0.2) is 47.0 Å². The number of fused-ring (bicyclic) bond motifs is 1. The maximum atomic E-state index is 12.6. The van der Waals surface area contributed by atoms with Crippen LogP contribution in [0.2, 0.25) is 0 Å². The van der Waals surface area contributed by atoms with Crippen molar-refractivity contribution in [3.63, 3.8) is 0 Å². The van der Waals surface area contributed by atoms with Crippen molar-refractivity contribution in [2.75, 3.05) is 0 Å². The summed E-state index contributed by atoms with van der Waals surface area (Å²) in [4.78, 5) is 25.1. The Labute approximate surface area is 162 Å². The zero-order valence-corrected chi connectivity index (χ0v) is 15.9. The third-order valence-corrected chi connectivity index (χ3v) is 4.94. The highest BCUT2D eigenvalue weighted by molar-refractivity contribution is 5.96. The fraction of sp³-hybridized carbons (Fsp3) is 0.286. The number of aromatic nitrogens is 2. The van der Waals surface area contributed by atoms with E-state index in [1.54, 1.807) is 23.9 Å². The first-order chi connectivity index (χ1) is 13.5. The molecule has 28 heavy (non-hydrogen) atoms. The molecule has 4 rings (SSSR count). The van der Waals surface area contributed by atoms with Crippen LogP contribution in [0.1, 0.15) is 43.5 Å². The van der Waals surface area contributed by atoms with Crippen molar-refractivity contribution in [1.29, 1.82) is 0 Å². The van der Waals surface area contributed by atoms with Gasteiger partial charge in [0.1, 0.15) is 11.5 Å². The van der Waals surface area contributed by atoms with Gasteiger partial charge in [-0.1, -0.05) is 30.3 Å². The minimum absolute atomic E-state index is 0.105. The molecule has 0 fully saturated rings. The van der Waals surface area contributed by atoms with Gasteiger partial charge in [0.05, 0.1) is 35.6 Å². The minimum Gasteiger partial charge on any atom is -0.466 e. The van der Waals surface area contributed by atoms with E-state index >= 15 is 0 Å². The van der Waals surface area contributed by atoms with E-state index in [9.17, 15) is 9.59 Å². The molecule has 0 saturated carbocycles. The summed E-state index contributed by atoms with van der Waals surface area (Å²) < 4.78 is 7.22. The lowest BCUT2D eigenvalue weighted by Gasteiger charge is -2.11. The minimum atomic E-state index is -0.166. The Morgan fingerprint density at radius 2 is 1.96 bits per heavy atom. The van der Waals surface area contributed by atoms with E-state index in [2.05, 4.69) is 15.7 Å². The number of amides is 2. The molecular formula is C21H22N4O3. The van der Waals surface area contributed by atoms with Crippen molar-refractivity contribution in [2.45, 2.75) is 39.4 Å². The van der Waals surface area contributed by atoms with Crippen LogP contribution in [-0.2, 0) is 19.5 Å². The van der Waals surface area contributed by atoms with Gasteiger partial charge in [-0.05, 0) is 25.5 Å². The predicted molar refractivity (Wildman–Crippen MR) is 103 cm³/mol. The van der Waals surface area contributed by atoms with E-state index in [0.717, 1.165) is 11.3 Å².